The average molecular weight is 312 g/mol. The minimum absolute atomic E-state index is 0.138. The van der Waals surface area contributed by atoms with Crippen molar-refractivity contribution in [3.8, 4) is 0 Å². The summed E-state index contributed by atoms with van der Waals surface area (Å²) in [6, 6.07) is 2.99. The minimum Gasteiger partial charge on any atom is -0.398 e. The van der Waals surface area contributed by atoms with Crippen LogP contribution < -0.4 is 10.5 Å². The number of benzene rings is 1. The van der Waals surface area contributed by atoms with E-state index < -0.39 is 22.2 Å². The van der Waals surface area contributed by atoms with Gasteiger partial charge in [0.25, 0.3) is 0 Å². The molecular weight excluding hydrogens is 288 g/mol. The van der Waals surface area contributed by atoms with Crippen LogP contribution in [0.5, 0.6) is 0 Å². The van der Waals surface area contributed by atoms with Gasteiger partial charge in [0, 0.05) is 6.04 Å². The second kappa shape index (κ2) is 6.34. The first-order chi connectivity index (χ1) is 9.83. The fourth-order valence-corrected chi connectivity index (χ4v) is 4.59. The number of aliphatic hydroxyl groups is 1. The van der Waals surface area contributed by atoms with Crippen LogP contribution in [-0.4, -0.2) is 25.7 Å². The van der Waals surface area contributed by atoms with Gasteiger partial charge in [0.15, 0.2) is 0 Å². The summed E-state index contributed by atoms with van der Waals surface area (Å²) in [5.74, 6) is 0. The molecule has 0 aromatic heterocycles. The third kappa shape index (κ3) is 3.56. The second-order valence-corrected chi connectivity index (χ2v) is 7.51. The summed E-state index contributed by atoms with van der Waals surface area (Å²) in [7, 11) is -3.73. The Morgan fingerprint density at radius 2 is 1.86 bits per heavy atom. The SMILES string of the molecule is Cc1ccc(N)c(S(=O)(=O)NC2CCCCCC2O)c1C. The van der Waals surface area contributed by atoms with Gasteiger partial charge in [-0.1, -0.05) is 25.3 Å². The van der Waals surface area contributed by atoms with Crippen LogP contribution in [0.4, 0.5) is 5.69 Å². The Morgan fingerprint density at radius 1 is 1.19 bits per heavy atom. The van der Waals surface area contributed by atoms with Crippen molar-refractivity contribution in [2.75, 3.05) is 5.73 Å². The third-order valence-corrected chi connectivity index (χ3v) is 5.95. The van der Waals surface area contributed by atoms with Gasteiger partial charge in [0.1, 0.15) is 4.90 Å². The van der Waals surface area contributed by atoms with E-state index in [0.29, 0.717) is 18.4 Å². The lowest BCUT2D eigenvalue weighted by Crippen LogP contribution is -2.43. The van der Waals surface area contributed by atoms with Crippen molar-refractivity contribution < 1.29 is 13.5 Å². The van der Waals surface area contributed by atoms with Gasteiger partial charge in [-0.15, -0.1) is 0 Å². The predicted molar refractivity (Wildman–Crippen MR) is 83.5 cm³/mol. The molecule has 0 aliphatic heterocycles. The third-order valence-electron chi connectivity index (χ3n) is 4.26. The smallest absolute Gasteiger partial charge is 0.243 e. The van der Waals surface area contributed by atoms with Crippen molar-refractivity contribution >= 4 is 15.7 Å². The van der Waals surface area contributed by atoms with E-state index in [2.05, 4.69) is 4.72 Å². The van der Waals surface area contributed by atoms with E-state index in [-0.39, 0.29) is 10.6 Å². The first kappa shape index (κ1) is 16.3. The molecule has 0 amide bonds. The van der Waals surface area contributed by atoms with Gasteiger partial charge < -0.3 is 10.8 Å². The topological polar surface area (TPSA) is 92.4 Å². The van der Waals surface area contributed by atoms with Gasteiger partial charge >= 0.3 is 0 Å². The zero-order chi connectivity index (χ0) is 15.6. The molecule has 0 radical (unpaired) electrons. The number of nitrogen functional groups attached to an aromatic ring is 1. The quantitative estimate of drug-likeness (QED) is 0.587. The molecule has 118 valence electrons. The van der Waals surface area contributed by atoms with E-state index >= 15 is 0 Å². The number of nitrogens with two attached hydrogens (primary N) is 1. The summed E-state index contributed by atoms with van der Waals surface area (Å²) in [5, 5.41) is 10.1. The van der Waals surface area contributed by atoms with Gasteiger partial charge in [0.05, 0.1) is 11.8 Å². The molecule has 6 heteroatoms. The highest BCUT2D eigenvalue weighted by Gasteiger charge is 2.29. The van der Waals surface area contributed by atoms with Crippen molar-refractivity contribution in [1.82, 2.24) is 4.72 Å². The van der Waals surface area contributed by atoms with E-state index in [1.807, 2.05) is 13.0 Å². The van der Waals surface area contributed by atoms with Crippen molar-refractivity contribution in [2.24, 2.45) is 0 Å². The zero-order valence-corrected chi connectivity index (χ0v) is 13.4. The van der Waals surface area contributed by atoms with Crippen molar-refractivity contribution in [2.45, 2.75) is 63.0 Å². The largest absolute Gasteiger partial charge is 0.398 e. The number of aliphatic hydroxyl groups excluding tert-OH is 1. The van der Waals surface area contributed by atoms with Gasteiger partial charge in [0.2, 0.25) is 10.0 Å². The zero-order valence-electron chi connectivity index (χ0n) is 12.6. The molecule has 2 unspecified atom stereocenters. The number of aryl methyl sites for hydroxylation is 1. The molecule has 1 aromatic rings. The molecular formula is C15H24N2O3S. The average Bonchev–Trinajstić information content (AvgIpc) is 2.59. The fourth-order valence-electron chi connectivity index (χ4n) is 2.85. The van der Waals surface area contributed by atoms with E-state index in [0.717, 1.165) is 24.8 Å². The van der Waals surface area contributed by atoms with E-state index in [9.17, 15) is 13.5 Å². The maximum absolute atomic E-state index is 12.6. The Morgan fingerprint density at radius 3 is 2.57 bits per heavy atom. The fraction of sp³-hybridized carbons (Fsp3) is 0.600. The Labute approximate surface area is 126 Å². The number of hydrogen-bond donors (Lipinski definition) is 3. The molecule has 0 spiro atoms. The van der Waals surface area contributed by atoms with Crippen LogP contribution >= 0.6 is 0 Å². The monoisotopic (exact) mass is 312 g/mol. The van der Waals surface area contributed by atoms with Crippen LogP contribution in [0, 0.1) is 13.8 Å². The predicted octanol–water partition coefficient (Wildman–Crippen LogP) is 1.86. The number of hydrogen-bond acceptors (Lipinski definition) is 4. The van der Waals surface area contributed by atoms with E-state index in [1.165, 1.54) is 0 Å². The molecule has 1 fully saturated rings. The van der Waals surface area contributed by atoms with Gasteiger partial charge in [-0.3, -0.25) is 0 Å². The number of anilines is 1. The summed E-state index contributed by atoms with van der Waals surface area (Å²) in [4.78, 5) is 0.138. The highest BCUT2D eigenvalue weighted by Crippen LogP contribution is 2.27. The van der Waals surface area contributed by atoms with Crippen LogP contribution in [0.1, 0.15) is 43.2 Å². The van der Waals surface area contributed by atoms with Crippen molar-refractivity contribution in [3.63, 3.8) is 0 Å². The molecule has 0 bridgehead atoms. The standard InChI is InChI=1S/C15H24N2O3S/c1-10-8-9-12(16)15(11(10)2)21(19,20)17-13-6-4-3-5-7-14(13)18/h8-9,13-14,17-18H,3-7,16H2,1-2H3. The molecule has 1 aromatic carbocycles. The van der Waals surface area contributed by atoms with Crippen LogP contribution in [0.3, 0.4) is 0 Å². The molecule has 0 heterocycles. The molecule has 4 N–H and O–H groups in total. The lowest BCUT2D eigenvalue weighted by atomic mass is 10.1. The van der Waals surface area contributed by atoms with Crippen LogP contribution in [0.25, 0.3) is 0 Å². The molecule has 2 atom stereocenters. The normalized spacial score (nSPS) is 23.8. The number of rotatable bonds is 3. The van der Waals surface area contributed by atoms with Crippen LogP contribution in [0.15, 0.2) is 17.0 Å². The molecule has 21 heavy (non-hydrogen) atoms. The molecule has 1 aliphatic rings. The van der Waals surface area contributed by atoms with Crippen LogP contribution in [0.2, 0.25) is 0 Å². The molecule has 1 saturated carbocycles. The maximum atomic E-state index is 12.6. The second-order valence-electron chi connectivity index (χ2n) is 5.86. The number of sulfonamides is 1. The molecule has 5 nitrogen and oxygen atoms in total. The molecule has 1 aliphatic carbocycles. The van der Waals surface area contributed by atoms with Gasteiger partial charge in [-0.2, -0.15) is 0 Å². The summed E-state index contributed by atoms with van der Waals surface area (Å²) >= 11 is 0. The van der Waals surface area contributed by atoms with Crippen LogP contribution in [-0.2, 0) is 10.0 Å². The summed E-state index contributed by atoms with van der Waals surface area (Å²) in [5.41, 5.74) is 7.65. The van der Waals surface area contributed by atoms with Gasteiger partial charge in [-0.25, -0.2) is 13.1 Å². The highest BCUT2D eigenvalue weighted by atomic mass is 32.2. The summed E-state index contributed by atoms with van der Waals surface area (Å²) < 4.78 is 28.0. The first-order valence-electron chi connectivity index (χ1n) is 7.39. The van der Waals surface area contributed by atoms with E-state index in [1.54, 1.807) is 13.0 Å². The number of nitrogens with one attached hydrogen (secondary N) is 1. The minimum atomic E-state index is -3.73. The Bertz CT molecular complexity index is 614. The first-order valence-corrected chi connectivity index (χ1v) is 8.87. The Kier molecular flexibility index (Phi) is 4.91. The lowest BCUT2D eigenvalue weighted by Gasteiger charge is -2.23. The van der Waals surface area contributed by atoms with Crippen molar-refractivity contribution in [1.29, 1.82) is 0 Å². The molecule has 0 saturated heterocycles. The van der Waals surface area contributed by atoms with E-state index in [4.69, 9.17) is 5.73 Å². The Hall–Kier alpha value is -1.11. The van der Waals surface area contributed by atoms with Crippen molar-refractivity contribution in [3.05, 3.63) is 23.3 Å². The summed E-state index contributed by atoms with van der Waals surface area (Å²) in [6.45, 7) is 3.61. The summed E-state index contributed by atoms with van der Waals surface area (Å²) in [6.07, 6.45) is 3.55. The highest BCUT2D eigenvalue weighted by molar-refractivity contribution is 7.89. The lowest BCUT2D eigenvalue weighted by molar-refractivity contribution is 0.130. The Balaban J connectivity index is 2.32. The molecule has 2 rings (SSSR count). The van der Waals surface area contributed by atoms with Gasteiger partial charge in [-0.05, 0) is 43.9 Å². The maximum Gasteiger partial charge on any atom is 0.243 e.